The van der Waals surface area contributed by atoms with E-state index in [9.17, 15) is 4.79 Å². The predicted molar refractivity (Wildman–Crippen MR) is 85.2 cm³/mol. The van der Waals surface area contributed by atoms with Crippen LogP contribution in [0, 0.1) is 0 Å². The molecule has 1 aromatic carbocycles. The number of rotatable bonds is 4. The third-order valence-corrected chi connectivity index (χ3v) is 4.35. The van der Waals surface area contributed by atoms with Crippen molar-refractivity contribution >= 4 is 5.97 Å². The molecule has 21 heavy (non-hydrogen) atoms. The normalized spacial score (nSPS) is 25.6. The van der Waals surface area contributed by atoms with E-state index < -0.39 is 5.41 Å². The molecule has 3 nitrogen and oxygen atoms in total. The van der Waals surface area contributed by atoms with Crippen molar-refractivity contribution < 1.29 is 9.53 Å². The number of hydrogen-bond acceptors (Lipinski definition) is 3. The number of allylic oxidation sites excluding steroid dienone is 1. The number of esters is 1. The van der Waals surface area contributed by atoms with Crippen LogP contribution in [0.1, 0.15) is 32.3 Å². The Bertz CT molecular complexity index is 521. The Morgan fingerprint density at radius 2 is 2.00 bits per heavy atom. The first-order valence-corrected chi connectivity index (χ1v) is 7.60. The number of nitrogens with zero attached hydrogens (tertiary/aromatic N) is 1. The average Bonchev–Trinajstić information content (AvgIpc) is 2.47. The minimum atomic E-state index is -0.612. The second kappa shape index (κ2) is 6.44. The predicted octanol–water partition coefficient (Wildman–Crippen LogP) is 3.16. The molecule has 0 aliphatic heterocycles. The minimum absolute atomic E-state index is 0.0349. The summed E-state index contributed by atoms with van der Waals surface area (Å²) in [7, 11) is 4.06. The second-order valence-electron chi connectivity index (χ2n) is 5.91. The molecule has 0 bridgehead atoms. The lowest BCUT2D eigenvalue weighted by atomic mass is 9.65. The third kappa shape index (κ3) is 2.75. The molecule has 114 valence electrons. The van der Waals surface area contributed by atoms with Crippen LogP contribution in [0.15, 0.2) is 42.0 Å². The van der Waals surface area contributed by atoms with E-state index in [1.807, 2.05) is 51.4 Å². The molecule has 0 amide bonds. The Morgan fingerprint density at radius 3 is 2.57 bits per heavy atom. The molecule has 0 spiro atoms. The Hall–Kier alpha value is -1.61. The summed E-state index contributed by atoms with van der Waals surface area (Å²) in [5, 5.41) is 0. The van der Waals surface area contributed by atoms with Gasteiger partial charge in [-0.15, -0.1) is 0 Å². The minimum Gasteiger partial charge on any atom is -0.465 e. The van der Waals surface area contributed by atoms with Crippen LogP contribution in [0.25, 0.3) is 0 Å². The molecular weight excluding hydrogens is 262 g/mol. The van der Waals surface area contributed by atoms with Crippen molar-refractivity contribution in [2.45, 2.75) is 38.1 Å². The molecular formula is C18H25NO2. The van der Waals surface area contributed by atoms with Crippen molar-refractivity contribution in [3.8, 4) is 0 Å². The Balaban J connectivity index is 2.60. The van der Waals surface area contributed by atoms with Gasteiger partial charge in [-0.25, -0.2) is 0 Å². The highest BCUT2D eigenvalue weighted by molar-refractivity contribution is 5.85. The average molecular weight is 287 g/mol. The number of carbonyl (C=O) groups excluding carboxylic acids is 1. The molecule has 1 aromatic rings. The smallest absolute Gasteiger partial charge is 0.318 e. The van der Waals surface area contributed by atoms with Crippen LogP contribution in [0.3, 0.4) is 0 Å². The highest BCUT2D eigenvalue weighted by atomic mass is 16.5. The number of carbonyl (C=O) groups is 1. The number of likely N-dealkylation sites (N-methyl/N-ethyl adjacent to an activating group) is 1. The Morgan fingerprint density at radius 1 is 1.33 bits per heavy atom. The lowest BCUT2D eigenvalue weighted by molar-refractivity contribution is -0.153. The third-order valence-electron chi connectivity index (χ3n) is 4.35. The fourth-order valence-electron chi connectivity index (χ4n) is 3.64. The zero-order chi connectivity index (χ0) is 15.5. The van der Waals surface area contributed by atoms with Crippen molar-refractivity contribution in [1.29, 1.82) is 0 Å². The van der Waals surface area contributed by atoms with Gasteiger partial charge in [0.25, 0.3) is 0 Å². The molecule has 0 N–H and O–H groups in total. The van der Waals surface area contributed by atoms with Gasteiger partial charge in [-0.05, 0) is 46.3 Å². The number of ether oxygens (including phenoxy) is 1. The van der Waals surface area contributed by atoms with Crippen molar-refractivity contribution in [2.75, 3.05) is 20.7 Å². The lowest BCUT2D eigenvalue weighted by Gasteiger charge is -2.45. The van der Waals surface area contributed by atoms with E-state index in [0.29, 0.717) is 6.61 Å². The largest absolute Gasteiger partial charge is 0.465 e. The van der Waals surface area contributed by atoms with Crippen LogP contribution in [0.2, 0.25) is 0 Å². The van der Waals surface area contributed by atoms with Gasteiger partial charge < -0.3 is 9.64 Å². The maximum atomic E-state index is 12.9. The fraction of sp³-hybridized carbons (Fsp3) is 0.500. The van der Waals surface area contributed by atoms with Gasteiger partial charge in [0.15, 0.2) is 0 Å². The maximum Gasteiger partial charge on any atom is 0.318 e. The molecule has 0 saturated carbocycles. The lowest BCUT2D eigenvalue weighted by Crippen LogP contribution is -2.55. The van der Waals surface area contributed by atoms with E-state index in [-0.39, 0.29) is 12.0 Å². The van der Waals surface area contributed by atoms with E-state index in [0.717, 1.165) is 18.4 Å². The molecule has 0 aromatic heterocycles. The van der Waals surface area contributed by atoms with Crippen molar-refractivity contribution in [3.63, 3.8) is 0 Å². The van der Waals surface area contributed by atoms with E-state index in [1.54, 1.807) is 0 Å². The van der Waals surface area contributed by atoms with Crippen LogP contribution in [-0.4, -0.2) is 37.6 Å². The molecule has 0 saturated heterocycles. The van der Waals surface area contributed by atoms with Crippen LogP contribution in [-0.2, 0) is 14.9 Å². The summed E-state index contributed by atoms with van der Waals surface area (Å²) in [5.74, 6) is -0.109. The summed E-state index contributed by atoms with van der Waals surface area (Å²) < 4.78 is 5.48. The molecule has 2 atom stereocenters. The fourth-order valence-corrected chi connectivity index (χ4v) is 3.64. The molecule has 1 aliphatic rings. The first-order valence-electron chi connectivity index (χ1n) is 7.60. The quantitative estimate of drug-likeness (QED) is 0.629. The first kappa shape index (κ1) is 15.8. The van der Waals surface area contributed by atoms with E-state index in [4.69, 9.17) is 4.74 Å². The van der Waals surface area contributed by atoms with Crippen molar-refractivity contribution in [2.24, 2.45) is 0 Å². The highest BCUT2D eigenvalue weighted by Gasteiger charge is 2.51. The zero-order valence-corrected chi connectivity index (χ0v) is 13.4. The molecule has 2 rings (SSSR count). The van der Waals surface area contributed by atoms with Gasteiger partial charge >= 0.3 is 5.97 Å². The van der Waals surface area contributed by atoms with Gasteiger partial charge in [-0.1, -0.05) is 42.0 Å². The standard InChI is InChI=1S/C18H25NO2/c1-5-21-17(20)18(15-11-7-6-8-12-15)13-9-10-14(2)16(18)19(3)4/h6-8,10-12,16H,5,9,13H2,1-4H3. The number of benzene rings is 1. The summed E-state index contributed by atoms with van der Waals surface area (Å²) in [6.45, 7) is 4.39. The molecule has 2 unspecified atom stereocenters. The van der Waals surface area contributed by atoms with Crippen LogP contribution in [0.4, 0.5) is 0 Å². The topological polar surface area (TPSA) is 29.5 Å². The zero-order valence-electron chi connectivity index (χ0n) is 13.4. The summed E-state index contributed by atoms with van der Waals surface area (Å²) >= 11 is 0. The maximum absolute atomic E-state index is 12.9. The molecule has 0 fully saturated rings. The summed E-state index contributed by atoms with van der Waals surface area (Å²) in [6, 6.07) is 10.1. The monoisotopic (exact) mass is 287 g/mol. The summed E-state index contributed by atoms with van der Waals surface area (Å²) in [6.07, 6.45) is 3.94. The Labute approximate surface area is 127 Å². The van der Waals surface area contributed by atoms with Gasteiger partial charge in [0.1, 0.15) is 5.41 Å². The van der Waals surface area contributed by atoms with Gasteiger partial charge in [0.05, 0.1) is 12.6 Å². The number of hydrogen-bond donors (Lipinski definition) is 0. The van der Waals surface area contributed by atoms with E-state index >= 15 is 0 Å². The van der Waals surface area contributed by atoms with E-state index in [2.05, 4.69) is 17.9 Å². The second-order valence-corrected chi connectivity index (χ2v) is 5.91. The van der Waals surface area contributed by atoms with Gasteiger partial charge in [0.2, 0.25) is 0 Å². The van der Waals surface area contributed by atoms with Crippen molar-refractivity contribution in [1.82, 2.24) is 4.90 Å². The molecule has 0 radical (unpaired) electrons. The highest BCUT2D eigenvalue weighted by Crippen LogP contribution is 2.42. The van der Waals surface area contributed by atoms with Crippen molar-refractivity contribution in [3.05, 3.63) is 47.5 Å². The van der Waals surface area contributed by atoms with Gasteiger partial charge in [0, 0.05) is 0 Å². The first-order chi connectivity index (χ1) is 10.0. The van der Waals surface area contributed by atoms with Crippen LogP contribution in [0.5, 0.6) is 0 Å². The van der Waals surface area contributed by atoms with E-state index in [1.165, 1.54) is 5.57 Å². The molecule has 3 heteroatoms. The Kier molecular flexibility index (Phi) is 4.84. The van der Waals surface area contributed by atoms with Crippen LogP contribution < -0.4 is 0 Å². The molecule has 1 aliphatic carbocycles. The SMILES string of the molecule is CCOC(=O)C1(c2ccccc2)CCC=C(C)C1N(C)C. The van der Waals surface area contributed by atoms with Gasteiger partial charge in [-0.3, -0.25) is 4.79 Å². The summed E-state index contributed by atoms with van der Waals surface area (Å²) in [5.41, 5.74) is 1.68. The van der Waals surface area contributed by atoms with Crippen LogP contribution >= 0.6 is 0 Å². The van der Waals surface area contributed by atoms with Gasteiger partial charge in [-0.2, -0.15) is 0 Å². The summed E-state index contributed by atoms with van der Waals surface area (Å²) in [4.78, 5) is 15.0. The molecule has 0 heterocycles.